The molecule has 1 aromatic heterocycles. The predicted molar refractivity (Wildman–Crippen MR) is 96.4 cm³/mol. The van der Waals surface area contributed by atoms with Gasteiger partial charge < -0.3 is 15.0 Å². The summed E-state index contributed by atoms with van der Waals surface area (Å²) in [5.41, 5.74) is 1.97. The molecule has 27 heavy (non-hydrogen) atoms. The van der Waals surface area contributed by atoms with Crippen molar-refractivity contribution in [1.29, 1.82) is 0 Å². The van der Waals surface area contributed by atoms with Gasteiger partial charge in [-0.25, -0.2) is 9.37 Å². The van der Waals surface area contributed by atoms with Crippen molar-refractivity contribution in [3.05, 3.63) is 60.5 Å². The number of aromatic amines is 1. The summed E-state index contributed by atoms with van der Waals surface area (Å²) in [6.45, 7) is -2.89. The second kappa shape index (κ2) is 8.63. The number of imidazole rings is 1. The Morgan fingerprint density at radius 3 is 2.52 bits per heavy atom. The Bertz CT molecular complexity index is 899. The minimum Gasteiger partial charge on any atom is -0.435 e. The van der Waals surface area contributed by atoms with Crippen LogP contribution in [0.15, 0.2) is 59.9 Å². The van der Waals surface area contributed by atoms with Crippen molar-refractivity contribution in [2.24, 2.45) is 0 Å². The second-order valence-corrected chi connectivity index (χ2v) is 6.31. The molecule has 0 spiro atoms. The molecule has 3 rings (SSSR count). The number of nitrogens with one attached hydrogen (secondary N) is 2. The number of thioether (sulfide) groups is 1. The third kappa shape index (κ3) is 5.52. The first-order valence-corrected chi connectivity index (χ1v) is 8.76. The molecule has 1 heterocycles. The number of halogens is 3. The van der Waals surface area contributed by atoms with Gasteiger partial charge in [0.1, 0.15) is 11.6 Å². The number of nitrogens with zero attached hydrogens (tertiary/aromatic N) is 1. The lowest BCUT2D eigenvalue weighted by Crippen LogP contribution is -2.14. The van der Waals surface area contributed by atoms with E-state index >= 15 is 0 Å². The molecule has 0 aliphatic rings. The highest BCUT2D eigenvalue weighted by Crippen LogP contribution is 2.22. The molecule has 3 aromatic rings. The fourth-order valence-corrected chi connectivity index (χ4v) is 2.85. The molecule has 9 heteroatoms. The van der Waals surface area contributed by atoms with Gasteiger partial charge in [0, 0.05) is 5.69 Å². The van der Waals surface area contributed by atoms with Gasteiger partial charge in [0.25, 0.3) is 0 Å². The van der Waals surface area contributed by atoms with Gasteiger partial charge in [-0.2, -0.15) is 8.78 Å². The van der Waals surface area contributed by atoms with E-state index in [-0.39, 0.29) is 23.2 Å². The summed E-state index contributed by atoms with van der Waals surface area (Å²) in [4.78, 5) is 19.2. The lowest BCUT2D eigenvalue weighted by Gasteiger charge is -2.07. The average Bonchev–Trinajstić information content (AvgIpc) is 3.11. The molecule has 1 amide bonds. The first kappa shape index (κ1) is 18.8. The number of ether oxygens (including phenoxy) is 1. The highest BCUT2D eigenvalue weighted by Gasteiger charge is 2.09. The van der Waals surface area contributed by atoms with Gasteiger partial charge in [-0.1, -0.05) is 11.8 Å². The summed E-state index contributed by atoms with van der Waals surface area (Å²) in [7, 11) is 0. The third-order valence-electron chi connectivity index (χ3n) is 3.41. The van der Waals surface area contributed by atoms with Crippen LogP contribution >= 0.6 is 11.8 Å². The Balaban J connectivity index is 1.51. The van der Waals surface area contributed by atoms with Crippen LogP contribution in [-0.4, -0.2) is 28.2 Å². The zero-order chi connectivity index (χ0) is 19.2. The summed E-state index contributed by atoms with van der Waals surface area (Å²) >= 11 is 1.20. The molecule has 5 nitrogen and oxygen atoms in total. The normalized spacial score (nSPS) is 10.8. The summed E-state index contributed by atoms with van der Waals surface area (Å²) in [5, 5.41) is 3.20. The molecule has 0 radical (unpaired) electrons. The molecule has 0 bridgehead atoms. The minimum atomic E-state index is -2.89. The summed E-state index contributed by atoms with van der Waals surface area (Å²) in [6.07, 6.45) is 1.61. The zero-order valence-corrected chi connectivity index (χ0v) is 14.6. The van der Waals surface area contributed by atoms with Crippen molar-refractivity contribution in [2.45, 2.75) is 11.8 Å². The van der Waals surface area contributed by atoms with Crippen LogP contribution in [0.25, 0.3) is 11.3 Å². The van der Waals surface area contributed by atoms with Gasteiger partial charge in [0.05, 0.1) is 17.6 Å². The summed E-state index contributed by atoms with van der Waals surface area (Å²) < 4.78 is 41.4. The molecule has 0 atom stereocenters. The fraction of sp³-hybridized carbons (Fsp3) is 0.111. The highest BCUT2D eigenvalue weighted by atomic mass is 32.2. The van der Waals surface area contributed by atoms with Gasteiger partial charge in [0.15, 0.2) is 5.16 Å². The Morgan fingerprint density at radius 2 is 1.85 bits per heavy atom. The molecule has 0 saturated carbocycles. The third-order valence-corrected chi connectivity index (χ3v) is 4.30. The summed E-state index contributed by atoms with van der Waals surface area (Å²) in [5.74, 6) is -0.479. The van der Waals surface area contributed by atoms with Crippen molar-refractivity contribution in [3.8, 4) is 17.0 Å². The zero-order valence-electron chi connectivity index (χ0n) is 13.8. The minimum absolute atomic E-state index is 0.0151. The first-order chi connectivity index (χ1) is 13.0. The fourth-order valence-electron chi connectivity index (χ4n) is 2.20. The topological polar surface area (TPSA) is 67.0 Å². The molecule has 0 unspecified atom stereocenters. The molecule has 2 N–H and O–H groups in total. The van der Waals surface area contributed by atoms with E-state index in [1.165, 1.54) is 48.2 Å². The van der Waals surface area contributed by atoms with Crippen LogP contribution < -0.4 is 10.1 Å². The number of hydrogen-bond donors (Lipinski definition) is 2. The van der Waals surface area contributed by atoms with Crippen molar-refractivity contribution in [3.63, 3.8) is 0 Å². The van der Waals surface area contributed by atoms with E-state index in [1.54, 1.807) is 18.3 Å². The van der Waals surface area contributed by atoms with Crippen molar-refractivity contribution >= 4 is 23.4 Å². The van der Waals surface area contributed by atoms with Gasteiger partial charge in [-0.3, -0.25) is 4.79 Å². The van der Waals surface area contributed by atoms with Crippen molar-refractivity contribution in [2.75, 3.05) is 11.1 Å². The number of alkyl halides is 2. The van der Waals surface area contributed by atoms with E-state index in [4.69, 9.17) is 0 Å². The summed E-state index contributed by atoms with van der Waals surface area (Å²) in [6, 6.07) is 11.6. The van der Waals surface area contributed by atoms with E-state index < -0.39 is 6.61 Å². The monoisotopic (exact) mass is 393 g/mol. The number of H-pyrrole nitrogens is 1. The van der Waals surface area contributed by atoms with Gasteiger partial charge in [0.2, 0.25) is 5.91 Å². The number of rotatable bonds is 7. The number of hydrogen-bond acceptors (Lipinski definition) is 4. The Kier molecular flexibility index (Phi) is 6.02. The largest absolute Gasteiger partial charge is 0.435 e. The quantitative estimate of drug-likeness (QED) is 0.578. The van der Waals surface area contributed by atoms with Crippen LogP contribution in [0, 0.1) is 5.82 Å². The second-order valence-electron chi connectivity index (χ2n) is 5.35. The predicted octanol–water partition coefficient (Wildman–Crippen LogP) is 4.55. The molecule has 0 saturated heterocycles. The number of carbonyl (C=O) groups excluding carboxylic acids is 1. The standard InChI is InChI=1S/C18H14F3N3O2S/c19-12-3-1-11(2-4-12)15-9-22-18(24-15)27-10-16(25)23-13-5-7-14(8-6-13)26-17(20)21/h1-9,17H,10H2,(H,22,24)(H,23,25). The Labute approximate surface area is 157 Å². The SMILES string of the molecule is O=C(CSc1ncc(-c2ccc(F)cc2)[nH]1)Nc1ccc(OC(F)F)cc1. The Hall–Kier alpha value is -2.94. The van der Waals surface area contributed by atoms with E-state index in [0.717, 1.165) is 5.56 Å². The molecule has 0 fully saturated rings. The van der Waals surface area contributed by atoms with Crippen LogP contribution in [0.4, 0.5) is 18.9 Å². The van der Waals surface area contributed by atoms with Crippen LogP contribution in [0.5, 0.6) is 5.75 Å². The lowest BCUT2D eigenvalue weighted by molar-refractivity contribution is -0.113. The van der Waals surface area contributed by atoms with Crippen LogP contribution in [-0.2, 0) is 4.79 Å². The molecular weight excluding hydrogens is 379 g/mol. The number of carbonyl (C=O) groups is 1. The van der Waals surface area contributed by atoms with Crippen molar-refractivity contribution in [1.82, 2.24) is 9.97 Å². The van der Waals surface area contributed by atoms with Gasteiger partial charge >= 0.3 is 6.61 Å². The van der Waals surface area contributed by atoms with Crippen LogP contribution in [0.1, 0.15) is 0 Å². The van der Waals surface area contributed by atoms with Crippen LogP contribution in [0.2, 0.25) is 0 Å². The number of anilines is 1. The number of aromatic nitrogens is 2. The molecule has 2 aromatic carbocycles. The number of benzene rings is 2. The van der Waals surface area contributed by atoms with E-state index in [2.05, 4.69) is 20.0 Å². The Morgan fingerprint density at radius 1 is 1.15 bits per heavy atom. The molecule has 0 aliphatic carbocycles. The maximum Gasteiger partial charge on any atom is 0.387 e. The lowest BCUT2D eigenvalue weighted by atomic mass is 10.2. The van der Waals surface area contributed by atoms with E-state index in [9.17, 15) is 18.0 Å². The smallest absolute Gasteiger partial charge is 0.387 e. The van der Waals surface area contributed by atoms with Crippen LogP contribution in [0.3, 0.4) is 0 Å². The maximum absolute atomic E-state index is 13.0. The number of amides is 1. The average molecular weight is 393 g/mol. The van der Waals surface area contributed by atoms with E-state index in [1.807, 2.05) is 0 Å². The molecular formula is C18H14F3N3O2S. The van der Waals surface area contributed by atoms with Gasteiger partial charge in [-0.15, -0.1) is 0 Å². The molecule has 140 valence electrons. The first-order valence-electron chi connectivity index (χ1n) is 7.78. The maximum atomic E-state index is 13.0. The van der Waals surface area contributed by atoms with Gasteiger partial charge in [-0.05, 0) is 54.1 Å². The van der Waals surface area contributed by atoms with Crippen molar-refractivity contribution < 1.29 is 22.7 Å². The highest BCUT2D eigenvalue weighted by molar-refractivity contribution is 7.99. The molecule has 0 aliphatic heterocycles. The van der Waals surface area contributed by atoms with E-state index in [0.29, 0.717) is 16.5 Å².